The van der Waals surface area contributed by atoms with Crippen molar-refractivity contribution in [1.29, 1.82) is 0 Å². The van der Waals surface area contributed by atoms with E-state index in [1.54, 1.807) is 7.11 Å². The molecule has 18 heavy (non-hydrogen) atoms. The van der Waals surface area contributed by atoms with Crippen LogP contribution in [-0.2, 0) is 5.60 Å². The molecule has 0 aliphatic carbocycles. The van der Waals surface area contributed by atoms with Crippen LogP contribution in [0, 0.1) is 0 Å². The van der Waals surface area contributed by atoms with Crippen LogP contribution < -0.4 is 4.74 Å². The minimum Gasteiger partial charge on any atom is -0.495 e. The third kappa shape index (κ3) is 1.99. The average Bonchev–Trinajstić information content (AvgIpc) is 2.67. The van der Waals surface area contributed by atoms with E-state index >= 15 is 0 Å². The zero-order chi connectivity index (χ0) is 13.5. The second-order valence-electron chi connectivity index (χ2n) is 5.46. The maximum absolute atomic E-state index is 10.3. The van der Waals surface area contributed by atoms with Crippen LogP contribution in [0.5, 0.6) is 5.75 Å². The molecule has 0 atom stereocenters. The zero-order valence-electron chi connectivity index (χ0n) is 11.7. The standard InChI is InChI=1S/C15H21NO2/c1-10(2)16-9-12(15(3,4)17)11-7-6-8-13(18-5)14(11)16/h6-10,17H,1-5H3. The fourth-order valence-electron chi connectivity index (χ4n) is 2.34. The Balaban J connectivity index is 2.85. The van der Waals surface area contributed by atoms with Crippen molar-refractivity contribution in [2.75, 3.05) is 7.11 Å². The van der Waals surface area contributed by atoms with Crippen LogP contribution in [0.1, 0.15) is 39.3 Å². The Morgan fingerprint density at radius 2 is 1.94 bits per heavy atom. The van der Waals surface area contributed by atoms with Crippen LogP contribution in [0.3, 0.4) is 0 Å². The van der Waals surface area contributed by atoms with Gasteiger partial charge in [-0.1, -0.05) is 12.1 Å². The maximum Gasteiger partial charge on any atom is 0.143 e. The molecular weight excluding hydrogens is 226 g/mol. The number of benzene rings is 1. The topological polar surface area (TPSA) is 34.4 Å². The SMILES string of the molecule is COc1cccc2c(C(C)(C)O)cn(C(C)C)c12. The highest BCUT2D eigenvalue weighted by Crippen LogP contribution is 2.36. The molecule has 0 fully saturated rings. The number of ether oxygens (including phenoxy) is 1. The summed E-state index contributed by atoms with van der Waals surface area (Å²) >= 11 is 0. The molecule has 0 saturated heterocycles. The van der Waals surface area contributed by atoms with Gasteiger partial charge < -0.3 is 14.4 Å². The van der Waals surface area contributed by atoms with Gasteiger partial charge in [-0.05, 0) is 33.8 Å². The van der Waals surface area contributed by atoms with E-state index in [4.69, 9.17) is 4.74 Å². The molecule has 0 bridgehead atoms. The van der Waals surface area contributed by atoms with Crippen molar-refractivity contribution in [2.24, 2.45) is 0 Å². The smallest absolute Gasteiger partial charge is 0.143 e. The predicted octanol–water partition coefficient (Wildman–Crippen LogP) is 3.46. The number of aliphatic hydroxyl groups is 1. The zero-order valence-corrected chi connectivity index (χ0v) is 11.7. The van der Waals surface area contributed by atoms with Crippen LogP contribution >= 0.6 is 0 Å². The van der Waals surface area contributed by atoms with E-state index in [0.29, 0.717) is 6.04 Å². The van der Waals surface area contributed by atoms with Gasteiger partial charge in [-0.15, -0.1) is 0 Å². The Labute approximate surface area is 108 Å². The average molecular weight is 247 g/mol. The largest absolute Gasteiger partial charge is 0.495 e. The Bertz CT molecular complexity index is 562. The molecule has 1 heterocycles. The molecule has 0 unspecified atom stereocenters. The summed E-state index contributed by atoms with van der Waals surface area (Å²) < 4.78 is 7.60. The second kappa shape index (κ2) is 4.32. The molecule has 98 valence electrons. The number of rotatable bonds is 3. The van der Waals surface area contributed by atoms with Gasteiger partial charge >= 0.3 is 0 Å². The van der Waals surface area contributed by atoms with Crippen molar-refractivity contribution in [2.45, 2.75) is 39.3 Å². The van der Waals surface area contributed by atoms with Crippen molar-refractivity contribution in [1.82, 2.24) is 4.57 Å². The maximum atomic E-state index is 10.3. The molecule has 0 radical (unpaired) electrons. The summed E-state index contributed by atoms with van der Waals surface area (Å²) in [7, 11) is 1.68. The summed E-state index contributed by atoms with van der Waals surface area (Å²) in [4.78, 5) is 0. The molecule has 0 spiro atoms. The van der Waals surface area contributed by atoms with Crippen molar-refractivity contribution in [3.05, 3.63) is 30.0 Å². The molecule has 2 rings (SSSR count). The second-order valence-corrected chi connectivity index (χ2v) is 5.46. The van der Waals surface area contributed by atoms with E-state index in [0.717, 1.165) is 22.2 Å². The molecule has 0 saturated carbocycles. The minimum atomic E-state index is -0.856. The molecule has 1 aromatic carbocycles. The van der Waals surface area contributed by atoms with Gasteiger partial charge in [0.1, 0.15) is 5.75 Å². The third-order valence-corrected chi connectivity index (χ3v) is 3.25. The van der Waals surface area contributed by atoms with Crippen LogP contribution in [0.25, 0.3) is 10.9 Å². The van der Waals surface area contributed by atoms with E-state index < -0.39 is 5.60 Å². The lowest BCUT2D eigenvalue weighted by atomic mass is 9.98. The van der Waals surface area contributed by atoms with E-state index in [1.807, 2.05) is 38.2 Å². The Hall–Kier alpha value is -1.48. The van der Waals surface area contributed by atoms with E-state index in [1.165, 1.54) is 0 Å². The normalized spacial score (nSPS) is 12.4. The highest BCUT2D eigenvalue weighted by molar-refractivity contribution is 5.90. The lowest BCUT2D eigenvalue weighted by molar-refractivity contribution is 0.0799. The van der Waals surface area contributed by atoms with Gasteiger partial charge in [0.05, 0.1) is 18.2 Å². The number of hydrogen-bond donors (Lipinski definition) is 1. The number of nitrogens with zero attached hydrogens (tertiary/aromatic N) is 1. The first-order valence-electron chi connectivity index (χ1n) is 6.26. The number of aromatic nitrogens is 1. The van der Waals surface area contributed by atoms with Crippen LogP contribution in [0.15, 0.2) is 24.4 Å². The monoisotopic (exact) mass is 247 g/mol. The first kappa shape index (κ1) is 13.0. The number of fused-ring (bicyclic) bond motifs is 1. The van der Waals surface area contributed by atoms with Gasteiger partial charge in [-0.3, -0.25) is 0 Å². The van der Waals surface area contributed by atoms with Crippen molar-refractivity contribution >= 4 is 10.9 Å². The predicted molar refractivity (Wildman–Crippen MR) is 74.1 cm³/mol. The fraction of sp³-hybridized carbons (Fsp3) is 0.467. The molecule has 0 amide bonds. The van der Waals surface area contributed by atoms with E-state index in [9.17, 15) is 5.11 Å². The van der Waals surface area contributed by atoms with E-state index in [2.05, 4.69) is 18.4 Å². The van der Waals surface area contributed by atoms with Gasteiger partial charge in [0.25, 0.3) is 0 Å². The fourth-order valence-corrected chi connectivity index (χ4v) is 2.34. The lowest BCUT2D eigenvalue weighted by Crippen LogP contribution is -2.14. The van der Waals surface area contributed by atoms with Gasteiger partial charge in [0.2, 0.25) is 0 Å². The molecule has 0 aliphatic heterocycles. The number of hydrogen-bond acceptors (Lipinski definition) is 2. The Morgan fingerprint density at radius 1 is 1.28 bits per heavy atom. The highest BCUT2D eigenvalue weighted by atomic mass is 16.5. The van der Waals surface area contributed by atoms with Crippen molar-refractivity contribution in [3.8, 4) is 5.75 Å². The van der Waals surface area contributed by atoms with Crippen molar-refractivity contribution < 1.29 is 9.84 Å². The Kier molecular flexibility index (Phi) is 3.11. The first-order chi connectivity index (χ1) is 8.36. The summed E-state index contributed by atoms with van der Waals surface area (Å²) in [6.45, 7) is 7.87. The number of para-hydroxylation sites is 1. The quantitative estimate of drug-likeness (QED) is 0.901. The Morgan fingerprint density at radius 3 is 2.44 bits per heavy atom. The first-order valence-corrected chi connectivity index (χ1v) is 6.26. The van der Waals surface area contributed by atoms with Gasteiger partial charge in [0.15, 0.2) is 0 Å². The number of methoxy groups -OCH3 is 1. The summed E-state index contributed by atoms with van der Waals surface area (Å²) in [5.41, 5.74) is 1.13. The third-order valence-electron chi connectivity index (χ3n) is 3.25. The van der Waals surface area contributed by atoms with Gasteiger partial charge in [-0.25, -0.2) is 0 Å². The molecule has 1 aromatic heterocycles. The highest BCUT2D eigenvalue weighted by Gasteiger charge is 2.24. The summed E-state index contributed by atoms with van der Waals surface area (Å²) in [6, 6.07) is 6.26. The minimum absolute atomic E-state index is 0.319. The molecule has 2 aromatic rings. The molecular formula is C15H21NO2. The summed E-state index contributed by atoms with van der Waals surface area (Å²) in [6.07, 6.45) is 2.03. The van der Waals surface area contributed by atoms with Gasteiger partial charge in [-0.2, -0.15) is 0 Å². The molecule has 3 nitrogen and oxygen atoms in total. The molecule has 0 aliphatic rings. The van der Waals surface area contributed by atoms with Crippen molar-refractivity contribution in [3.63, 3.8) is 0 Å². The van der Waals surface area contributed by atoms with E-state index in [-0.39, 0.29) is 0 Å². The lowest BCUT2D eigenvalue weighted by Gasteiger charge is -2.16. The van der Waals surface area contributed by atoms with Crippen LogP contribution in [0.2, 0.25) is 0 Å². The summed E-state index contributed by atoms with van der Waals surface area (Å²) in [5, 5.41) is 11.3. The molecule has 3 heteroatoms. The van der Waals surface area contributed by atoms with Gasteiger partial charge in [0, 0.05) is 23.2 Å². The van der Waals surface area contributed by atoms with Crippen LogP contribution in [0.4, 0.5) is 0 Å². The summed E-state index contributed by atoms with van der Waals surface area (Å²) in [5.74, 6) is 0.844. The molecule has 1 N–H and O–H groups in total. The van der Waals surface area contributed by atoms with Crippen LogP contribution in [-0.4, -0.2) is 16.8 Å².